The van der Waals surface area contributed by atoms with Crippen LogP contribution in [0.25, 0.3) is 22.2 Å². The molecule has 0 radical (unpaired) electrons. The lowest BCUT2D eigenvalue weighted by Crippen LogP contribution is -2.44. The minimum atomic E-state index is -4.58. The molecule has 3 heterocycles. The van der Waals surface area contributed by atoms with Gasteiger partial charge in [-0.2, -0.15) is 13.2 Å². The van der Waals surface area contributed by atoms with E-state index in [4.69, 9.17) is 5.11 Å². The van der Waals surface area contributed by atoms with E-state index >= 15 is 0 Å². The van der Waals surface area contributed by atoms with Gasteiger partial charge in [0, 0.05) is 29.7 Å². The van der Waals surface area contributed by atoms with Crippen molar-refractivity contribution in [2.75, 3.05) is 25.0 Å². The van der Waals surface area contributed by atoms with Crippen molar-refractivity contribution in [3.8, 4) is 17.0 Å². The Balaban J connectivity index is 1.66. The number of aliphatic carboxylic acids is 1. The van der Waals surface area contributed by atoms with Gasteiger partial charge in [-0.15, -0.1) is 10.2 Å². The molecule has 1 atom stereocenters. The van der Waals surface area contributed by atoms with E-state index in [1.54, 1.807) is 18.3 Å². The number of phenolic OH excluding ortho intramolecular Hbond substituents is 1. The molecule has 0 bridgehead atoms. The fourth-order valence-electron chi connectivity index (χ4n) is 3.89. The molecular formula is C21H20F3N5O3. The molecule has 3 N–H and O–H groups in total. The molecule has 11 heteroatoms. The number of alkyl halides is 3. The summed E-state index contributed by atoms with van der Waals surface area (Å²) < 4.78 is 38.8. The van der Waals surface area contributed by atoms with Crippen molar-refractivity contribution in [3.05, 3.63) is 42.1 Å². The summed E-state index contributed by atoms with van der Waals surface area (Å²) >= 11 is 0. The van der Waals surface area contributed by atoms with E-state index in [1.807, 2.05) is 4.90 Å². The molecule has 2 aromatic heterocycles. The quantitative estimate of drug-likeness (QED) is 0.546. The zero-order valence-corrected chi connectivity index (χ0v) is 16.8. The van der Waals surface area contributed by atoms with Crippen LogP contribution in [0.2, 0.25) is 0 Å². The minimum Gasteiger partial charge on any atom is -0.507 e. The highest BCUT2D eigenvalue weighted by molar-refractivity contribution is 5.98. The van der Waals surface area contributed by atoms with Gasteiger partial charge >= 0.3 is 12.1 Å². The first kappa shape index (κ1) is 21.8. The van der Waals surface area contributed by atoms with Gasteiger partial charge in [0.1, 0.15) is 17.0 Å². The highest BCUT2D eigenvalue weighted by atomic mass is 19.4. The summed E-state index contributed by atoms with van der Waals surface area (Å²) in [6, 6.07) is 5.99. The Morgan fingerprint density at radius 1 is 1.25 bits per heavy atom. The van der Waals surface area contributed by atoms with Crippen LogP contribution in [-0.4, -0.2) is 61.9 Å². The number of aromatic hydroxyl groups is 1. The standard InChI is InChI=1S/C21H20F3N5O3/c22-21(23,24)12-5-6-14(16(30)9-12)18-15-4-1-7-25-19(15)20(28-27-18)26-13-3-2-8-29(10-13)11-17(31)32/h1,4-7,9,13,30H,2-3,8,10-11H2,(H,26,28)(H,31,32). The predicted molar refractivity (Wildman–Crippen MR) is 110 cm³/mol. The Hall–Kier alpha value is -3.47. The maximum Gasteiger partial charge on any atom is 0.416 e. The second-order valence-electron chi connectivity index (χ2n) is 7.64. The maximum absolute atomic E-state index is 12.9. The predicted octanol–water partition coefficient (Wildman–Crippen LogP) is 3.38. The highest BCUT2D eigenvalue weighted by Crippen LogP contribution is 2.38. The number of anilines is 1. The summed E-state index contributed by atoms with van der Waals surface area (Å²) in [6.07, 6.45) is -1.38. The van der Waals surface area contributed by atoms with Gasteiger partial charge in [0.15, 0.2) is 5.82 Å². The van der Waals surface area contributed by atoms with Crippen LogP contribution < -0.4 is 5.32 Å². The van der Waals surface area contributed by atoms with E-state index in [1.165, 1.54) is 0 Å². The number of benzene rings is 1. The van der Waals surface area contributed by atoms with Crippen LogP contribution >= 0.6 is 0 Å². The van der Waals surface area contributed by atoms with E-state index in [0.29, 0.717) is 35.9 Å². The second kappa shape index (κ2) is 8.58. The first-order valence-electron chi connectivity index (χ1n) is 9.95. The third-order valence-corrected chi connectivity index (χ3v) is 5.32. The van der Waals surface area contributed by atoms with Gasteiger partial charge in [-0.05, 0) is 49.7 Å². The number of halogens is 3. The van der Waals surface area contributed by atoms with Crippen LogP contribution in [0, 0.1) is 0 Å². The molecule has 1 aliphatic heterocycles. The summed E-state index contributed by atoms with van der Waals surface area (Å²) in [5, 5.41) is 31.4. The molecule has 1 aromatic carbocycles. The number of hydrogen-bond acceptors (Lipinski definition) is 7. The number of aromatic nitrogens is 3. The number of nitrogens with one attached hydrogen (secondary N) is 1. The molecule has 8 nitrogen and oxygen atoms in total. The fourth-order valence-corrected chi connectivity index (χ4v) is 3.89. The highest BCUT2D eigenvalue weighted by Gasteiger charge is 2.31. The summed E-state index contributed by atoms with van der Waals surface area (Å²) in [4.78, 5) is 17.2. The first-order valence-corrected chi connectivity index (χ1v) is 9.95. The van der Waals surface area contributed by atoms with Gasteiger partial charge in [0.25, 0.3) is 0 Å². The van der Waals surface area contributed by atoms with Crippen molar-refractivity contribution < 1.29 is 28.2 Å². The number of nitrogens with zero attached hydrogens (tertiary/aromatic N) is 4. The molecular weight excluding hydrogens is 427 g/mol. The number of likely N-dealkylation sites (tertiary alicyclic amines) is 1. The fraction of sp³-hybridized carbons (Fsp3) is 0.333. The Morgan fingerprint density at radius 2 is 2.06 bits per heavy atom. The molecule has 0 amide bonds. The van der Waals surface area contributed by atoms with Gasteiger partial charge in [-0.3, -0.25) is 14.7 Å². The van der Waals surface area contributed by atoms with Crippen molar-refractivity contribution in [1.82, 2.24) is 20.1 Å². The number of fused-ring (bicyclic) bond motifs is 1. The molecule has 3 aromatic rings. The zero-order valence-electron chi connectivity index (χ0n) is 16.8. The molecule has 0 aliphatic carbocycles. The van der Waals surface area contributed by atoms with Crippen LogP contribution in [-0.2, 0) is 11.0 Å². The van der Waals surface area contributed by atoms with Crippen molar-refractivity contribution in [1.29, 1.82) is 0 Å². The lowest BCUT2D eigenvalue weighted by molar-refractivity contribution is -0.139. The summed E-state index contributed by atoms with van der Waals surface area (Å²) in [5.41, 5.74) is -0.191. The number of carboxylic acid groups (broad SMARTS) is 1. The molecule has 32 heavy (non-hydrogen) atoms. The molecule has 1 saturated heterocycles. The second-order valence-corrected chi connectivity index (χ2v) is 7.64. The molecule has 1 fully saturated rings. The van der Waals surface area contributed by atoms with Crippen molar-refractivity contribution in [2.45, 2.75) is 25.1 Å². The molecule has 0 saturated carbocycles. The summed E-state index contributed by atoms with van der Waals surface area (Å²) in [6.45, 7) is 1.17. The summed E-state index contributed by atoms with van der Waals surface area (Å²) in [5.74, 6) is -1.06. The first-order chi connectivity index (χ1) is 15.2. The van der Waals surface area contributed by atoms with Crippen LogP contribution in [0.1, 0.15) is 18.4 Å². The number of piperidine rings is 1. The Kier molecular flexibility index (Phi) is 5.83. The molecule has 168 valence electrons. The molecule has 1 aliphatic rings. The Bertz CT molecular complexity index is 1160. The molecule has 4 rings (SSSR count). The Morgan fingerprint density at radius 3 is 2.78 bits per heavy atom. The van der Waals surface area contributed by atoms with Crippen LogP contribution in [0.15, 0.2) is 36.5 Å². The minimum absolute atomic E-state index is 0.0466. The van der Waals surface area contributed by atoms with Gasteiger partial charge in [-0.25, -0.2) is 0 Å². The van der Waals surface area contributed by atoms with Gasteiger partial charge < -0.3 is 15.5 Å². The van der Waals surface area contributed by atoms with Crippen LogP contribution in [0.5, 0.6) is 5.75 Å². The SMILES string of the molecule is O=C(O)CN1CCCC(Nc2nnc(-c3ccc(C(F)(F)F)cc3O)c3cccnc23)C1. The number of rotatable bonds is 5. The third kappa shape index (κ3) is 4.57. The van der Waals surface area contributed by atoms with E-state index in [0.717, 1.165) is 25.0 Å². The lowest BCUT2D eigenvalue weighted by Gasteiger charge is -2.32. The summed E-state index contributed by atoms with van der Waals surface area (Å²) in [7, 11) is 0. The number of carbonyl (C=O) groups is 1. The topological polar surface area (TPSA) is 111 Å². The van der Waals surface area contributed by atoms with Crippen LogP contribution in [0.4, 0.5) is 19.0 Å². The average molecular weight is 447 g/mol. The van der Waals surface area contributed by atoms with Gasteiger partial charge in [-0.1, -0.05) is 0 Å². The molecule has 1 unspecified atom stereocenters. The Labute approximate surface area is 180 Å². The normalized spacial score (nSPS) is 17.4. The van der Waals surface area contributed by atoms with Crippen molar-refractivity contribution in [3.63, 3.8) is 0 Å². The largest absolute Gasteiger partial charge is 0.507 e. The average Bonchev–Trinajstić information content (AvgIpc) is 2.73. The monoisotopic (exact) mass is 447 g/mol. The van der Waals surface area contributed by atoms with E-state index < -0.39 is 23.5 Å². The molecule has 0 spiro atoms. The number of pyridine rings is 1. The van der Waals surface area contributed by atoms with E-state index in [9.17, 15) is 23.1 Å². The van der Waals surface area contributed by atoms with E-state index in [2.05, 4.69) is 20.5 Å². The third-order valence-electron chi connectivity index (χ3n) is 5.32. The van der Waals surface area contributed by atoms with Gasteiger partial charge in [0.05, 0.1) is 12.1 Å². The van der Waals surface area contributed by atoms with Crippen molar-refractivity contribution in [2.24, 2.45) is 0 Å². The van der Waals surface area contributed by atoms with Crippen molar-refractivity contribution >= 4 is 22.7 Å². The number of hydrogen-bond donors (Lipinski definition) is 3. The number of carboxylic acids is 1. The number of phenols is 1. The lowest BCUT2D eigenvalue weighted by atomic mass is 10.0. The zero-order chi connectivity index (χ0) is 22.9. The van der Waals surface area contributed by atoms with E-state index in [-0.39, 0.29) is 23.8 Å². The smallest absolute Gasteiger partial charge is 0.416 e. The maximum atomic E-state index is 12.9. The van der Waals surface area contributed by atoms with Gasteiger partial charge in [0.2, 0.25) is 0 Å². The van der Waals surface area contributed by atoms with Crippen LogP contribution in [0.3, 0.4) is 0 Å².